The van der Waals surface area contributed by atoms with E-state index in [1.165, 1.54) is 64.5 Å². The zero-order valence-corrected chi connectivity index (χ0v) is 13.5. The van der Waals surface area contributed by atoms with Gasteiger partial charge in [-0.2, -0.15) is 0 Å². The number of likely N-dealkylation sites (tertiary alicyclic amines) is 1. The Bertz CT molecular complexity index is 213. The van der Waals surface area contributed by atoms with Crippen molar-refractivity contribution in [3.8, 4) is 0 Å². The van der Waals surface area contributed by atoms with Gasteiger partial charge in [0, 0.05) is 6.04 Å². The maximum absolute atomic E-state index is 5.73. The largest absolute Gasteiger partial charge is 0.330 e. The van der Waals surface area contributed by atoms with Crippen LogP contribution < -0.4 is 5.73 Å². The maximum Gasteiger partial charge on any atom is 0.00951 e. The van der Waals surface area contributed by atoms with Gasteiger partial charge in [-0.25, -0.2) is 0 Å². The van der Waals surface area contributed by atoms with E-state index in [2.05, 4.69) is 25.7 Å². The Morgan fingerprint density at radius 3 is 2.63 bits per heavy atom. The average molecular weight is 268 g/mol. The van der Waals surface area contributed by atoms with Crippen molar-refractivity contribution < 1.29 is 0 Å². The molecule has 114 valence electrons. The van der Waals surface area contributed by atoms with E-state index < -0.39 is 0 Å². The Morgan fingerprint density at radius 2 is 2.00 bits per heavy atom. The SMILES string of the molecule is CCCC1CCCCN1CCCC(CCN)C(C)C. The third-order valence-corrected chi connectivity index (χ3v) is 4.87. The molecule has 2 heteroatoms. The first-order valence-corrected chi connectivity index (χ1v) is 8.63. The summed E-state index contributed by atoms with van der Waals surface area (Å²) in [5, 5.41) is 0. The van der Waals surface area contributed by atoms with Crippen LogP contribution >= 0.6 is 0 Å². The molecule has 1 fully saturated rings. The molecule has 1 rings (SSSR count). The second-order valence-corrected chi connectivity index (χ2v) is 6.70. The van der Waals surface area contributed by atoms with Gasteiger partial charge in [-0.1, -0.05) is 33.6 Å². The van der Waals surface area contributed by atoms with Gasteiger partial charge in [0.2, 0.25) is 0 Å². The molecule has 2 nitrogen and oxygen atoms in total. The van der Waals surface area contributed by atoms with Gasteiger partial charge in [-0.15, -0.1) is 0 Å². The van der Waals surface area contributed by atoms with Crippen molar-refractivity contribution >= 4 is 0 Å². The molecule has 0 aliphatic carbocycles. The second-order valence-electron chi connectivity index (χ2n) is 6.70. The van der Waals surface area contributed by atoms with Crippen LogP contribution in [-0.2, 0) is 0 Å². The minimum Gasteiger partial charge on any atom is -0.330 e. The van der Waals surface area contributed by atoms with Crippen LogP contribution in [0.5, 0.6) is 0 Å². The Hall–Kier alpha value is -0.0800. The summed E-state index contributed by atoms with van der Waals surface area (Å²) in [6, 6.07) is 0.880. The minimum absolute atomic E-state index is 0.788. The van der Waals surface area contributed by atoms with E-state index in [0.717, 1.165) is 24.4 Å². The minimum atomic E-state index is 0.788. The summed E-state index contributed by atoms with van der Waals surface area (Å²) in [4.78, 5) is 2.77. The predicted octanol–water partition coefficient (Wildman–Crippen LogP) is 4.04. The molecule has 2 unspecified atom stereocenters. The Morgan fingerprint density at radius 1 is 1.21 bits per heavy atom. The van der Waals surface area contributed by atoms with Crippen LogP contribution in [0.15, 0.2) is 0 Å². The van der Waals surface area contributed by atoms with Gasteiger partial charge in [0.1, 0.15) is 0 Å². The summed E-state index contributed by atoms with van der Waals surface area (Å²) in [5.74, 6) is 1.62. The molecule has 1 aliphatic heterocycles. The molecule has 1 saturated heterocycles. The van der Waals surface area contributed by atoms with E-state index in [1.54, 1.807) is 0 Å². The molecule has 0 aromatic heterocycles. The van der Waals surface area contributed by atoms with Crippen LogP contribution in [-0.4, -0.2) is 30.6 Å². The summed E-state index contributed by atoms with van der Waals surface area (Å²) < 4.78 is 0. The molecule has 0 spiro atoms. The number of hydrogen-bond acceptors (Lipinski definition) is 2. The smallest absolute Gasteiger partial charge is 0.00951 e. The highest BCUT2D eigenvalue weighted by Crippen LogP contribution is 2.24. The summed E-state index contributed by atoms with van der Waals surface area (Å²) in [6.45, 7) is 10.5. The maximum atomic E-state index is 5.73. The lowest BCUT2D eigenvalue weighted by Crippen LogP contribution is -2.40. The summed E-state index contributed by atoms with van der Waals surface area (Å²) >= 11 is 0. The summed E-state index contributed by atoms with van der Waals surface area (Å²) in [5.41, 5.74) is 5.73. The van der Waals surface area contributed by atoms with Gasteiger partial charge in [0.05, 0.1) is 0 Å². The fraction of sp³-hybridized carbons (Fsp3) is 1.00. The van der Waals surface area contributed by atoms with Crippen LogP contribution in [0.4, 0.5) is 0 Å². The van der Waals surface area contributed by atoms with Crippen molar-refractivity contribution in [2.24, 2.45) is 17.6 Å². The summed E-state index contributed by atoms with van der Waals surface area (Å²) in [7, 11) is 0. The van der Waals surface area contributed by atoms with Crippen LogP contribution in [0.1, 0.15) is 72.1 Å². The molecule has 0 aromatic rings. The molecule has 0 bridgehead atoms. The molecule has 1 aliphatic rings. The lowest BCUT2D eigenvalue weighted by Gasteiger charge is -2.36. The molecule has 1 heterocycles. The van der Waals surface area contributed by atoms with Gasteiger partial charge in [0.15, 0.2) is 0 Å². The Labute approximate surface area is 121 Å². The van der Waals surface area contributed by atoms with Crippen molar-refractivity contribution in [1.82, 2.24) is 4.90 Å². The lowest BCUT2D eigenvalue weighted by atomic mass is 9.88. The van der Waals surface area contributed by atoms with Crippen molar-refractivity contribution in [3.63, 3.8) is 0 Å². The molecule has 0 amide bonds. The number of hydrogen-bond donors (Lipinski definition) is 1. The average Bonchev–Trinajstić information content (AvgIpc) is 2.40. The Kier molecular flexibility index (Phi) is 8.72. The fourth-order valence-corrected chi connectivity index (χ4v) is 3.60. The molecular formula is C17H36N2. The van der Waals surface area contributed by atoms with Crippen molar-refractivity contribution in [2.45, 2.75) is 78.2 Å². The van der Waals surface area contributed by atoms with Crippen LogP contribution in [0, 0.1) is 11.8 Å². The highest BCUT2D eigenvalue weighted by Gasteiger charge is 2.21. The number of nitrogens with zero attached hydrogens (tertiary/aromatic N) is 1. The van der Waals surface area contributed by atoms with Crippen molar-refractivity contribution in [1.29, 1.82) is 0 Å². The van der Waals surface area contributed by atoms with Crippen molar-refractivity contribution in [3.05, 3.63) is 0 Å². The first kappa shape index (κ1) is 17.0. The predicted molar refractivity (Wildman–Crippen MR) is 85.4 cm³/mol. The van der Waals surface area contributed by atoms with E-state index in [-0.39, 0.29) is 0 Å². The van der Waals surface area contributed by atoms with E-state index in [9.17, 15) is 0 Å². The third kappa shape index (κ3) is 6.27. The van der Waals surface area contributed by atoms with Crippen LogP contribution in [0.2, 0.25) is 0 Å². The fourth-order valence-electron chi connectivity index (χ4n) is 3.60. The Balaban J connectivity index is 2.28. The lowest BCUT2D eigenvalue weighted by molar-refractivity contribution is 0.133. The third-order valence-electron chi connectivity index (χ3n) is 4.87. The molecule has 2 atom stereocenters. The zero-order chi connectivity index (χ0) is 14.1. The first-order valence-electron chi connectivity index (χ1n) is 8.63. The van der Waals surface area contributed by atoms with Gasteiger partial charge >= 0.3 is 0 Å². The molecule has 0 radical (unpaired) electrons. The van der Waals surface area contributed by atoms with Crippen molar-refractivity contribution in [2.75, 3.05) is 19.6 Å². The van der Waals surface area contributed by atoms with Gasteiger partial charge in [-0.05, 0) is 70.0 Å². The quantitative estimate of drug-likeness (QED) is 0.684. The summed E-state index contributed by atoms with van der Waals surface area (Å²) in [6.07, 6.45) is 11.0. The van der Waals surface area contributed by atoms with E-state index >= 15 is 0 Å². The second kappa shape index (κ2) is 9.77. The topological polar surface area (TPSA) is 29.3 Å². The van der Waals surface area contributed by atoms with E-state index in [0.29, 0.717) is 0 Å². The molecule has 19 heavy (non-hydrogen) atoms. The van der Waals surface area contributed by atoms with Crippen LogP contribution in [0.25, 0.3) is 0 Å². The monoisotopic (exact) mass is 268 g/mol. The molecule has 0 aromatic carbocycles. The van der Waals surface area contributed by atoms with Crippen LogP contribution in [0.3, 0.4) is 0 Å². The van der Waals surface area contributed by atoms with E-state index in [1.807, 2.05) is 0 Å². The first-order chi connectivity index (χ1) is 9.19. The highest BCUT2D eigenvalue weighted by atomic mass is 15.2. The molecule has 0 saturated carbocycles. The number of rotatable bonds is 9. The molecule has 2 N–H and O–H groups in total. The van der Waals surface area contributed by atoms with Gasteiger partial charge in [-0.3, -0.25) is 0 Å². The van der Waals surface area contributed by atoms with Gasteiger partial charge in [0.25, 0.3) is 0 Å². The number of nitrogens with two attached hydrogens (primary N) is 1. The number of piperidine rings is 1. The molecular weight excluding hydrogens is 232 g/mol. The zero-order valence-electron chi connectivity index (χ0n) is 13.5. The van der Waals surface area contributed by atoms with Gasteiger partial charge < -0.3 is 10.6 Å². The highest BCUT2D eigenvalue weighted by molar-refractivity contribution is 4.77. The van der Waals surface area contributed by atoms with E-state index in [4.69, 9.17) is 5.73 Å². The normalized spacial score (nSPS) is 22.9. The standard InChI is InChI=1S/C17H36N2/c1-4-8-17-10-5-6-13-19(17)14-7-9-16(11-12-18)15(2)3/h15-17H,4-14,18H2,1-3H3.